The zero-order valence-corrected chi connectivity index (χ0v) is 14.8. The Bertz CT molecular complexity index is 400. The van der Waals surface area contributed by atoms with Gasteiger partial charge in [0.25, 0.3) is 0 Å². The van der Waals surface area contributed by atoms with Crippen LogP contribution >= 0.6 is 22.6 Å². The summed E-state index contributed by atoms with van der Waals surface area (Å²) in [7, 11) is 4.30. The molecule has 0 unspecified atom stereocenters. The first-order valence-corrected chi connectivity index (χ1v) is 8.55. The van der Waals surface area contributed by atoms with Gasteiger partial charge in [0.05, 0.1) is 0 Å². The first kappa shape index (κ1) is 16.2. The molecule has 1 heterocycles. The van der Waals surface area contributed by atoms with Crippen LogP contribution in [0.3, 0.4) is 0 Å². The van der Waals surface area contributed by atoms with Gasteiger partial charge < -0.3 is 9.80 Å². The molecule has 0 amide bonds. The van der Waals surface area contributed by atoms with Crippen molar-refractivity contribution in [2.24, 2.45) is 0 Å². The van der Waals surface area contributed by atoms with Crippen molar-refractivity contribution in [1.82, 2.24) is 14.7 Å². The summed E-state index contributed by atoms with van der Waals surface area (Å²) in [6.45, 7) is 8.38. The lowest BCUT2D eigenvalue weighted by molar-refractivity contribution is 0.124. The van der Waals surface area contributed by atoms with Gasteiger partial charge in [-0.05, 0) is 73.9 Å². The molecule has 0 N–H and O–H groups in total. The van der Waals surface area contributed by atoms with Crippen LogP contribution in [-0.2, 0) is 6.54 Å². The molecule has 1 aromatic rings. The summed E-state index contributed by atoms with van der Waals surface area (Å²) in [6.07, 6.45) is 1.28. The Morgan fingerprint density at radius 2 is 1.80 bits per heavy atom. The number of benzene rings is 1. The highest BCUT2D eigenvalue weighted by Gasteiger charge is 2.16. The van der Waals surface area contributed by atoms with Crippen molar-refractivity contribution < 1.29 is 0 Å². The number of hydrogen-bond acceptors (Lipinski definition) is 3. The molecule has 0 bridgehead atoms. The average Bonchev–Trinajstić information content (AvgIpc) is 2.40. The fourth-order valence-corrected chi connectivity index (χ4v) is 3.28. The molecule has 112 valence electrons. The van der Waals surface area contributed by atoms with Crippen molar-refractivity contribution in [3.05, 3.63) is 33.4 Å². The van der Waals surface area contributed by atoms with Crippen LogP contribution in [0.15, 0.2) is 24.3 Å². The minimum absolute atomic E-state index is 1.10. The van der Waals surface area contributed by atoms with Crippen LogP contribution < -0.4 is 0 Å². The van der Waals surface area contributed by atoms with Gasteiger partial charge in [-0.15, -0.1) is 0 Å². The second kappa shape index (κ2) is 8.32. The van der Waals surface area contributed by atoms with E-state index in [-0.39, 0.29) is 0 Å². The van der Waals surface area contributed by atoms with Gasteiger partial charge >= 0.3 is 0 Å². The number of nitrogens with zero attached hydrogens (tertiary/aromatic N) is 3. The summed E-state index contributed by atoms with van der Waals surface area (Å²) >= 11 is 2.39. The first-order valence-electron chi connectivity index (χ1n) is 7.47. The Hall–Kier alpha value is -0.170. The maximum absolute atomic E-state index is 2.61. The highest BCUT2D eigenvalue weighted by Crippen LogP contribution is 2.12. The van der Waals surface area contributed by atoms with E-state index in [4.69, 9.17) is 0 Å². The van der Waals surface area contributed by atoms with Gasteiger partial charge in [-0.3, -0.25) is 4.90 Å². The minimum Gasteiger partial charge on any atom is -0.309 e. The summed E-state index contributed by atoms with van der Waals surface area (Å²) in [5, 5.41) is 0. The van der Waals surface area contributed by atoms with Gasteiger partial charge in [0.15, 0.2) is 0 Å². The SMILES string of the molecule is CN(C)CCCN1CCN(Cc2cccc(I)c2)CC1. The molecule has 0 saturated carbocycles. The van der Waals surface area contributed by atoms with Crippen LogP contribution in [0.4, 0.5) is 0 Å². The van der Waals surface area contributed by atoms with E-state index in [0.29, 0.717) is 0 Å². The van der Waals surface area contributed by atoms with E-state index in [1.54, 1.807) is 0 Å². The molecule has 0 aliphatic carbocycles. The quantitative estimate of drug-likeness (QED) is 0.694. The topological polar surface area (TPSA) is 9.72 Å². The molecule has 0 atom stereocenters. The van der Waals surface area contributed by atoms with Crippen molar-refractivity contribution in [1.29, 1.82) is 0 Å². The summed E-state index contributed by atoms with van der Waals surface area (Å²) in [5.74, 6) is 0. The molecule has 2 rings (SSSR count). The Morgan fingerprint density at radius 3 is 2.45 bits per heavy atom. The average molecular weight is 387 g/mol. The second-order valence-electron chi connectivity index (χ2n) is 5.90. The van der Waals surface area contributed by atoms with Crippen molar-refractivity contribution in [3.8, 4) is 0 Å². The smallest absolute Gasteiger partial charge is 0.0235 e. The molecule has 0 spiro atoms. The third kappa shape index (κ3) is 5.68. The normalized spacial score (nSPS) is 17.8. The summed E-state index contributed by atoms with van der Waals surface area (Å²) < 4.78 is 1.34. The molecule has 0 aromatic heterocycles. The number of rotatable bonds is 6. The predicted octanol–water partition coefficient (Wildman–Crippen LogP) is 2.36. The van der Waals surface area contributed by atoms with Gasteiger partial charge in [0.2, 0.25) is 0 Å². The summed E-state index contributed by atoms with van der Waals surface area (Å²) in [6, 6.07) is 8.86. The molecule has 0 radical (unpaired) electrons. The van der Waals surface area contributed by atoms with E-state index in [0.717, 1.165) is 6.54 Å². The van der Waals surface area contributed by atoms with Crippen LogP contribution in [0.2, 0.25) is 0 Å². The van der Waals surface area contributed by atoms with Gasteiger partial charge in [0.1, 0.15) is 0 Å². The molecular formula is C16H26IN3. The number of hydrogen-bond donors (Lipinski definition) is 0. The third-order valence-electron chi connectivity index (χ3n) is 3.84. The molecule has 1 aliphatic heterocycles. The van der Waals surface area contributed by atoms with Gasteiger partial charge in [-0.1, -0.05) is 12.1 Å². The van der Waals surface area contributed by atoms with Crippen molar-refractivity contribution >= 4 is 22.6 Å². The number of halogens is 1. The first-order chi connectivity index (χ1) is 9.63. The maximum Gasteiger partial charge on any atom is 0.0235 e. The lowest BCUT2D eigenvalue weighted by Gasteiger charge is -2.35. The van der Waals surface area contributed by atoms with E-state index in [2.05, 4.69) is 75.7 Å². The highest BCUT2D eigenvalue weighted by molar-refractivity contribution is 14.1. The monoisotopic (exact) mass is 387 g/mol. The lowest BCUT2D eigenvalue weighted by Crippen LogP contribution is -2.46. The molecule has 1 saturated heterocycles. The van der Waals surface area contributed by atoms with Crippen molar-refractivity contribution in [2.45, 2.75) is 13.0 Å². The molecular weight excluding hydrogens is 361 g/mol. The van der Waals surface area contributed by atoms with E-state index in [1.807, 2.05) is 0 Å². The molecule has 1 aliphatic rings. The van der Waals surface area contributed by atoms with E-state index < -0.39 is 0 Å². The van der Waals surface area contributed by atoms with Gasteiger partial charge in [-0.2, -0.15) is 0 Å². The van der Waals surface area contributed by atoms with Crippen molar-refractivity contribution in [3.63, 3.8) is 0 Å². The Labute approximate surface area is 137 Å². The fraction of sp³-hybridized carbons (Fsp3) is 0.625. The van der Waals surface area contributed by atoms with Gasteiger partial charge in [-0.25, -0.2) is 0 Å². The standard InChI is InChI=1S/C16H26IN3/c1-18(2)7-4-8-19-9-11-20(12-10-19)14-15-5-3-6-16(17)13-15/h3,5-6,13H,4,7-12,14H2,1-2H3. The minimum atomic E-state index is 1.10. The van der Waals surface area contributed by atoms with Crippen molar-refractivity contribution in [2.75, 3.05) is 53.4 Å². The Balaban J connectivity index is 1.69. The zero-order valence-electron chi connectivity index (χ0n) is 12.7. The van der Waals surface area contributed by atoms with Crippen LogP contribution in [-0.4, -0.2) is 68.1 Å². The molecule has 1 fully saturated rings. The lowest BCUT2D eigenvalue weighted by atomic mass is 10.2. The van der Waals surface area contributed by atoms with Crippen LogP contribution in [0.25, 0.3) is 0 Å². The van der Waals surface area contributed by atoms with E-state index in [9.17, 15) is 0 Å². The maximum atomic E-state index is 2.61. The molecule has 1 aromatic carbocycles. The fourth-order valence-electron chi connectivity index (χ4n) is 2.68. The molecule has 3 nitrogen and oxygen atoms in total. The predicted molar refractivity (Wildman–Crippen MR) is 94.0 cm³/mol. The molecule has 20 heavy (non-hydrogen) atoms. The van der Waals surface area contributed by atoms with Gasteiger partial charge in [0, 0.05) is 36.3 Å². The van der Waals surface area contributed by atoms with E-state index in [1.165, 1.54) is 54.8 Å². The summed E-state index contributed by atoms with van der Waals surface area (Å²) in [4.78, 5) is 7.45. The largest absolute Gasteiger partial charge is 0.309 e. The second-order valence-corrected chi connectivity index (χ2v) is 7.15. The number of piperazine rings is 1. The Morgan fingerprint density at radius 1 is 1.10 bits per heavy atom. The van der Waals surface area contributed by atoms with Crippen LogP contribution in [0.1, 0.15) is 12.0 Å². The van der Waals surface area contributed by atoms with E-state index >= 15 is 0 Å². The zero-order chi connectivity index (χ0) is 14.4. The van der Waals surface area contributed by atoms with Crippen LogP contribution in [0, 0.1) is 3.57 Å². The van der Waals surface area contributed by atoms with Crippen LogP contribution in [0.5, 0.6) is 0 Å². The third-order valence-corrected chi connectivity index (χ3v) is 4.51. The highest BCUT2D eigenvalue weighted by atomic mass is 127. The Kier molecular flexibility index (Phi) is 6.74. The molecule has 4 heteroatoms. The summed E-state index contributed by atoms with van der Waals surface area (Å²) in [5.41, 5.74) is 1.44.